The molecule has 0 aromatic rings. The molecule has 0 heterocycles. The Kier molecular flexibility index (Phi) is 1.76. The van der Waals surface area contributed by atoms with Crippen LogP contribution in [0.2, 0.25) is 0 Å². The van der Waals surface area contributed by atoms with Crippen LogP contribution < -0.4 is 5.73 Å². The molecule has 0 amide bonds. The van der Waals surface area contributed by atoms with Crippen molar-refractivity contribution >= 4 is 9.24 Å². The van der Waals surface area contributed by atoms with Crippen LogP contribution in [0.5, 0.6) is 0 Å². The van der Waals surface area contributed by atoms with Crippen LogP contribution in [0.1, 0.15) is 0 Å². The van der Waals surface area contributed by atoms with Gasteiger partial charge in [-0.05, 0) is 0 Å². The summed E-state index contributed by atoms with van der Waals surface area (Å²) < 4.78 is 22.7. The van der Waals surface area contributed by atoms with Crippen LogP contribution >= 0.6 is 9.24 Å². The van der Waals surface area contributed by atoms with Crippen molar-refractivity contribution in [1.29, 1.82) is 0 Å². The van der Waals surface area contributed by atoms with E-state index in [2.05, 4.69) is 0 Å². The van der Waals surface area contributed by atoms with Gasteiger partial charge in [0.15, 0.2) is 5.41 Å². The highest BCUT2D eigenvalue weighted by molar-refractivity contribution is 7.19. The average molecular weight is 167 g/mol. The van der Waals surface area contributed by atoms with Gasteiger partial charge in [0.2, 0.25) is 5.79 Å². The number of methoxy groups -OCH3 is 2. The fourth-order valence-electron chi connectivity index (χ4n) is 1.09. The third-order valence-electron chi connectivity index (χ3n) is 1.92. The van der Waals surface area contributed by atoms with Gasteiger partial charge in [0.1, 0.15) is 6.04 Å². The predicted octanol–water partition coefficient (Wildman–Crippen LogP) is -0.143. The molecular formula is C5H11FNO2P. The van der Waals surface area contributed by atoms with Crippen LogP contribution in [0.15, 0.2) is 0 Å². The molecule has 0 aromatic carbocycles. The molecule has 3 nitrogen and oxygen atoms in total. The van der Waals surface area contributed by atoms with Crippen molar-refractivity contribution in [3.63, 3.8) is 0 Å². The van der Waals surface area contributed by atoms with Gasteiger partial charge in [-0.3, -0.25) is 0 Å². The SMILES string of the molecule is COC1(OC)C(N)C1(F)P. The lowest BCUT2D eigenvalue weighted by molar-refractivity contribution is -0.149. The summed E-state index contributed by atoms with van der Waals surface area (Å²) in [4.78, 5) is 0. The molecule has 1 aliphatic rings. The summed E-state index contributed by atoms with van der Waals surface area (Å²) in [5, 5.41) is -1.63. The van der Waals surface area contributed by atoms with E-state index in [1.807, 2.05) is 9.24 Å². The van der Waals surface area contributed by atoms with E-state index in [1.165, 1.54) is 14.2 Å². The van der Waals surface area contributed by atoms with E-state index in [4.69, 9.17) is 15.2 Å². The molecule has 1 fully saturated rings. The molecule has 3 atom stereocenters. The number of halogens is 1. The molecule has 1 saturated carbocycles. The van der Waals surface area contributed by atoms with Gasteiger partial charge in [0, 0.05) is 14.2 Å². The van der Waals surface area contributed by atoms with Gasteiger partial charge in [-0.2, -0.15) is 0 Å². The number of hydrogen-bond donors (Lipinski definition) is 1. The molecule has 0 saturated heterocycles. The normalized spacial score (nSPS) is 43.5. The van der Waals surface area contributed by atoms with Gasteiger partial charge < -0.3 is 15.2 Å². The minimum atomic E-state index is -1.63. The Labute approximate surface area is 61.3 Å². The first-order valence-corrected chi connectivity index (χ1v) is 3.44. The Morgan fingerprint density at radius 2 is 1.80 bits per heavy atom. The van der Waals surface area contributed by atoms with Crippen LogP contribution in [0.25, 0.3) is 0 Å². The number of hydrogen-bond acceptors (Lipinski definition) is 3. The van der Waals surface area contributed by atoms with Gasteiger partial charge in [-0.25, -0.2) is 4.39 Å². The Morgan fingerprint density at radius 3 is 1.80 bits per heavy atom. The van der Waals surface area contributed by atoms with Crippen molar-refractivity contribution in [3.8, 4) is 0 Å². The van der Waals surface area contributed by atoms with Crippen molar-refractivity contribution < 1.29 is 13.9 Å². The Morgan fingerprint density at radius 1 is 1.50 bits per heavy atom. The fourth-order valence-corrected chi connectivity index (χ4v) is 1.64. The van der Waals surface area contributed by atoms with E-state index in [1.54, 1.807) is 0 Å². The van der Waals surface area contributed by atoms with Gasteiger partial charge in [-0.1, -0.05) is 9.24 Å². The molecule has 10 heavy (non-hydrogen) atoms. The monoisotopic (exact) mass is 167 g/mol. The molecule has 3 unspecified atom stereocenters. The average Bonchev–Trinajstić information content (AvgIpc) is 2.31. The second-order valence-corrected chi connectivity index (χ2v) is 3.16. The van der Waals surface area contributed by atoms with Gasteiger partial charge in [-0.15, -0.1) is 0 Å². The first-order valence-electron chi connectivity index (χ1n) is 2.86. The number of ether oxygens (including phenoxy) is 2. The summed E-state index contributed by atoms with van der Waals surface area (Å²) in [7, 11) is 4.72. The largest absolute Gasteiger partial charge is 0.349 e. The second kappa shape index (κ2) is 2.11. The Balaban J connectivity index is 2.73. The highest BCUT2D eigenvalue weighted by atomic mass is 31.0. The molecule has 5 heteroatoms. The Hall–Kier alpha value is 0.240. The van der Waals surface area contributed by atoms with Crippen molar-refractivity contribution in [3.05, 3.63) is 0 Å². The zero-order chi connectivity index (χ0) is 7.99. The molecule has 0 bridgehead atoms. The fraction of sp³-hybridized carbons (Fsp3) is 1.00. The standard InChI is InChI=1S/C5H11FNO2P/c1-8-5(9-2)3(7)4(5,6)10/h3H,7,10H2,1-2H3. The van der Waals surface area contributed by atoms with E-state index in [-0.39, 0.29) is 0 Å². The zero-order valence-electron chi connectivity index (χ0n) is 5.93. The maximum atomic E-state index is 13.1. The van der Waals surface area contributed by atoms with Gasteiger partial charge >= 0.3 is 0 Å². The lowest BCUT2D eigenvalue weighted by Gasteiger charge is -2.12. The van der Waals surface area contributed by atoms with Crippen LogP contribution in [0, 0.1) is 0 Å². The summed E-state index contributed by atoms with van der Waals surface area (Å²) in [5.74, 6) is -1.24. The zero-order valence-corrected chi connectivity index (χ0v) is 7.08. The molecule has 0 radical (unpaired) electrons. The minimum Gasteiger partial charge on any atom is -0.349 e. The van der Waals surface area contributed by atoms with E-state index >= 15 is 0 Å². The summed E-state index contributed by atoms with van der Waals surface area (Å²) in [6.07, 6.45) is 0. The molecule has 2 N–H and O–H groups in total. The molecular weight excluding hydrogens is 156 g/mol. The minimum absolute atomic E-state index is 0.708. The summed E-state index contributed by atoms with van der Waals surface area (Å²) in [6.45, 7) is 0. The Bertz CT molecular complexity index is 149. The molecule has 0 aromatic heterocycles. The topological polar surface area (TPSA) is 44.5 Å². The second-order valence-electron chi connectivity index (χ2n) is 2.32. The molecule has 0 spiro atoms. The summed E-state index contributed by atoms with van der Waals surface area (Å²) >= 11 is 0. The maximum Gasteiger partial charge on any atom is 0.227 e. The number of rotatable bonds is 2. The van der Waals surface area contributed by atoms with Crippen molar-refractivity contribution in [2.24, 2.45) is 5.73 Å². The summed E-state index contributed by atoms with van der Waals surface area (Å²) in [6, 6.07) is -0.708. The smallest absolute Gasteiger partial charge is 0.227 e. The van der Waals surface area contributed by atoms with Gasteiger partial charge in [0.25, 0.3) is 0 Å². The van der Waals surface area contributed by atoms with Crippen molar-refractivity contribution in [2.75, 3.05) is 14.2 Å². The van der Waals surface area contributed by atoms with E-state index in [0.29, 0.717) is 0 Å². The van der Waals surface area contributed by atoms with Crippen LogP contribution in [0.4, 0.5) is 4.39 Å². The molecule has 0 aliphatic heterocycles. The van der Waals surface area contributed by atoms with E-state index < -0.39 is 17.2 Å². The van der Waals surface area contributed by atoms with Crippen molar-refractivity contribution in [1.82, 2.24) is 0 Å². The molecule has 1 aliphatic carbocycles. The van der Waals surface area contributed by atoms with E-state index in [9.17, 15) is 4.39 Å². The summed E-state index contributed by atoms with van der Waals surface area (Å²) in [5.41, 5.74) is 5.35. The molecule has 1 rings (SSSR count). The first kappa shape index (κ1) is 8.34. The first-order chi connectivity index (χ1) is 4.53. The van der Waals surface area contributed by atoms with Crippen LogP contribution in [-0.2, 0) is 9.47 Å². The van der Waals surface area contributed by atoms with Gasteiger partial charge in [0.05, 0.1) is 0 Å². The third-order valence-corrected chi connectivity index (χ3v) is 2.68. The predicted molar refractivity (Wildman–Crippen MR) is 38.3 cm³/mol. The molecule has 60 valence electrons. The lowest BCUT2D eigenvalue weighted by atomic mass is 10.6. The highest BCUT2D eigenvalue weighted by Gasteiger charge is 2.77. The number of alkyl halides is 1. The van der Waals surface area contributed by atoms with Crippen LogP contribution in [-0.4, -0.2) is 31.5 Å². The number of nitrogens with two attached hydrogens (primary N) is 1. The quantitative estimate of drug-likeness (QED) is 0.459. The maximum absolute atomic E-state index is 13.1. The highest BCUT2D eigenvalue weighted by Crippen LogP contribution is 2.57. The lowest BCUT2D eigenvalue weighted by Crippen LogP contribution is -2.25. The van der Waals surface area contributed by atoms with Crippen LogP contribution in [0.3, 0.4) is 0 Å². The third kappa shape index (κ3) is 0.678. The van der Waals surface area contributed by atoms with E-state index in [0.717, 1.165) is 0 Å². The van der Waals surface area contributed by atoms with Crippen molar-refractivity contribution in [2.45, 2.75) is 17.2 Å².